The maximum atomic E-state index is 11.8. The maximum absolute atomic E-state index is 11.8. The second kappa shape index (κ2) is 3.34. The zero-order chi connectivity index (χ0) is 10.2. The van der Waals surface area contributed by atoms with Crippen LogP contribution in [0.1, 0.15) is 6.42 Å². The zero-order valence-corrected chi connectivity index (χ0v) is 8.24. The first kappa shape index (κ1) is 9.63. The van der Waals surface area contributed by atoms with Gasteiger partial charge in [0.05, 0.1) is 18.6 Å². The summed E-state index contributed by atoms with van der Waals surface area (Å²) < 4.78 is 24.8. The van der Waals surface area contributed by atoms with Crippen LogP contribution in [0, 0.1) is 0 Å². The molecule has 2 rings (SSSR count). The third-order valence-electron chi connectivity index (χ3n) is 2.22. The number of aliphatic hydroxyl groups is 1. The van der Waals surface area contributed by atoms with Crippen LogP contribution in [0.3, 0.4) is 0 Å². The van der Waals surface area contributed by atoms with Crippen LogP contribution in [0.15, 0.2) is 17.6 Å². The van der Waals surface area contributed by atoms with Gasteiger partial charge in [-0.2, -0.15) is 4.31 Å². The highest BCUT2D eigenvalue weighted by molar-refractivity contribution is 7.89. The van der Waals surface area contributed by atoms with Crippen molar-refractivity contribution in [3.8, 4) is 0 Å². The van der Waals surface area contributed by atoms with Crippen molar-refractivity contribution in [1.29, 1.82) is 0 Å². The molecule has 0 bridgehead atoms. The van der Waals surface area contributed by atoms with Crippen molar-refractivity contribution in [2.24, 2.45) is 0 Å². The number of H-pyrrole nitrogens is 1. The van der Waals surface area contributed by atoms with Gasteiger partial charge in [-0.05, 0) is 6.42 Å². The monoisotopic (exact) mass is 217 g/mol. The Balaban J connectivity index is 2.26. The third kappa shape index (κ3) is 1.54. The molecule has 1 fully saturated rings. The Hall–Kier alpha value is -0.920. The molecular formula is C7H11N3O3S. The van der Waals surface area contributed by atoms with Gasteiger partial charge in [-0.25, -0.2) is 13.4 Å². The summed E-state index contributed by atoms with van der Waals surface area (Å²) in [5.74, 6) is 0. The second-order valence-corrected chi connectivity index (χ2v) is 5.13. The molecular weight excluding hydrogens is 206 g/mol. The number of rotatable bonds is 2. The van der Waals surface area contributed by atoms with E-state index in [1.165, 1.54) is 16.8 Å². The van der Waals surface area contributed by atoms with Crippen LogP contribution in [0.25, 0.3) is 0 Å². The fourth-order valence-corrected chi connectivity index (χ4v) is 2.84. The van der Waals surface area contributed by atoms with E-state index in [0.29, 0.717) is 13.0 Å². The van der Waals surface area contributed by atoms with Gasteiger partial charge in [0.25, 0.3) is 10.0 Å². The van der Waals surface area contributed by atoms with E-state index >= 15 is 0 Å². The first-order valence-electron chi connectivity index (χ1n) is 4.27. The fraction of sp³-hybridized carbons (Fsp3) is 0.571. The van der Waals surface area contributed by atoms with Gasteiger partial charge in [0.2, 0.25) is 0 Å². The first-order chi connectivity index (χ1) is 6.60. The Morgan fingerprint density at radius 1 is 1.64 bits per heavy atom. The number of nitrogens with one attached hydrogen (secondary N) is 1. The number of β-amino-alcohol motifs (C(OH)–C–C–N with tert-alkyl or cyclic N) is 1. The second-order valence-electron chi connectivity index (χ2n) is 3.22. The molecule has 1 aromatic rings. The van der Waals surface area contributed by atoms with E-state index in [0.717, 1.165) is 0 Å². The quantitative estimate of drug-likeness (QED) is 0.676. The molecule has 1 aliphatic rings. The van der Waals surface area contributed by atoms with E-state index in [1.54, 1.807) is 0 Å². The molecule has 14 heavy (non-hydrogen) atoms. The molecule has 0 spiro atoms. The van der Waals surface area contributed by atoms with Gasteiger partial charge in [0.1, 0.15) is 0 Å². The van der Waals surface area contributed by atoms with Crippen LogP contribution in [-0.4, -0.2) is 47.0 Å². The number of hydrogen-bond acceptors (Lipinski definition) is 4. The molecule has 1 saturated heterocycles. The van der Waals surface area contributed by atoms with Crippen molar-refractivity contribution in [1.82, 2.24) is 14.3 Å². The van der Waals surface area contributed by atoms with Gasteiger partial charge in [-0.1, -0.05) is 0 Å². The molecule has 0 saturated carbocycles. The highest BCUT2D eigenvalue weighted by atomic mass is 32.2. The van der Waals surface area contributed by atoms with Crippen molar-refractivity contribution >= 4 is 10.0 Å². The summed E-state index contributed by atoms with van der Waals surface area (Å²) in [6, 6.07) is 0. The van der Waals surface area contributed by atoms with Crippen LogP contribution in [0.2, 0.25) is 0 Å². The normalized spacial score (nSPS) is 24.2. The van der Waals surface area contributed by atoms with Crippen molar-refractivity contribution in [3.63, 3.8) is 0 Å². The number of sulfonamides is 1. The first-order valence-corrected chi connectivity index (χ1v) is 5.71. The number of aromatic amines is 1. The molecule has 78 valence electrons. The van der Waals surface area contributed by atoms with Crippen molar-refractivity contribution in [2.75, 3.05) is 13.1 Å². The number of nitrogens with zero attached hydrogens (tertiary/aromatic N) is 2. The molecule has 0 aliphatic carbocycles. The van der Waals surface area contributed by atoms with E-state index in [-0.39, 0.29) is 11.6 Å². The van der Waals surface area contributed by atoms with Crippen molar-refractivity contribution < 1.29 is 13.5 Å². The average molecular weight is 217 g/mol. The maximum Gasteiger partial charge on any atom is 0.260 e. The van der Waals surface area contributed by atoms with Gasteiger partial charge >= 0.3 is 0 Å². The molecule has 0 amide bonds. The number of aliphatic hydroxyl groups excluding tert-OH is 1. The van der Waals surface area contributed by atoms with Crippen LogP contribution in [0.5, 0.6) is 0 Å². The summed E-state index contributed by atoms with van der Waals surface area (Å²) in [4.78, 5) is 6.20. The molecule has 2 heterocycles. The van der Waals surface area contributed by atoms with E-state index in [4.69, 9.17) is 0 Å². The predicted molar refractivity (Wildman–Crippen MR) is 48.0 cm³/mol. The standard InChI is InChI=1S/C7H11N3O3S/c11-6-1-2-10(4-6)14(12,13)7-3-8-5-9-7/h3,5-6,11H,1-2,4H2,(H,8,9). The summed E-state index contributed by atoms with van der Waals surface area (Å²) in [7, 11) is -3.47. The summed E-state index contributed by atoms with van der Waals surface area (Å²) in [6.45, 7) is 0.532. The minimum atomic E-state index is -3.47. The molecule has 0 radical (unpaired) electrons. The van der Waals surface area contributed by atoms with E-state index in [1.807, 2.05) is 0 Å². The Morgan fingerprint density at radius 2 is 2.43 bits per heavy atom. The highest BCUT2D eigenvalue weighted by Gasteiger charge is 2.32. The van der Waals surface area contributed by atoms with Crippen LogP contribution >= 0.6 is 0 Å². The van der Waals surface area contributed by atoms with Gasteiger partial charge in [-0.15, -0.1) is 0 Å². The topological polar surface area (TPSA) is 86.3 Å². The molecule has 6 nitrogen and oxygen atoms in total. The minimum Gasteiger partial charge on any atom is -0.392 e. The predicted octanol–water partition coefficient (Wildman–Crippen LogP) is -0.835. The molecule has 2 N–H and O–H groups in total. The van der Waals surface area contributed by atoms with Crippen molar-refractivity contribution in [3.05, 3.63) is 12.5 Å². The Morgan fingerprint density at radius 3 is 2.93 bits per heavy atom. The Labute approximate surface area is 81.6 Å². The summed E-state index contributed by atoms with van der Waals surface area (Å²) >= 11 is 0. The van der Waals surface area contributed by atoms with Gasteiger partial charge in [0, 0.05) is 13.1 Å². The third-order valence-corrected chi connectivity index (χ3v) is 4.01. The molecule has 1 unspecified atom stereocenters. The van der Waals surface area contributed by atoms with Crippen molar-refractivity contribution in [2.45, 2.75) is 17.6 Å². The van der Waals surface area contributed by atoms with E-state index < -0.39 is 16.1 Å². The zero-order valence-electron chi connectivity index (χ0n) is 7.42. The number of aromatic nitrogens is 2. The summed E-state index contributed by atoms with van der Waals surface area (Å²) in [5.41, 5.74) is 0. The summed E-state index contributed by atoms with van der Waals surface area (Å²) in [5, 5.41) is 9.30. The lowest BCUT2D eigenvalue weighted by Gasteiger charge is -2.13. The average Bonchev–Trinajstić information content (AvgIpc) is 2.72. The number of hydrogen-bond donors (Lipinski definition) is 2. The highest BCUT2D eigenvalue weighted by Crippen LogP contribution is 2.18. The lowest BCUT2D eigenvalue weighted by molar-refractivity contribution is 0.189. The lowest BCUT2D eigenvalue weighted by Crippen LogP contribution is -2.29. The molecule has 0 aromatic carbocycles. The molecule has 1 atom stereocenters. The lowest BCUT2D eigenvalue weighted by atomic mass is 10.3. The molecule has 7 heteroatoms. The Kier molecular flexibility index (Phi) is 2.30. The number of imidazole rings is 1. The van der Waals surface area contributed by atoms with Crippen LogP contribution < -0.4 is 0 Å². The van der Waals surface area contributed by atoms with Gasteiger partial charge < -0.3 is 10.1 Å². The van der Waals surface area contributed by atoms with Gasteiger partial charge in [0.15, 0.2) is 5.03 Å². The van der Waals surface area contributed by atoms with Crippen LogP contribution in [0.4, 0.5) is 0 Å². The minimum absolute atomic E-state index is 0.0756. The fourth-order valence-electron chi connectivity index (χ4n) is 1.45. The Bertz CT molecular complexity index is 400. The molecule has 1 aliphatic heterocycles. The van der Waals surface area contributed by atoms with E-state index in [9.17, 15) is 13.5 Å². The van der Waals surface area contributed by atoms with E-state index in [2.05, 4.69) is 9.97 Å². The van der Waals surface area contributed by atoms with Gasteiger partial charge in [-0.3, -0.25) is 0 Å². The summed E-state index contributed by atoms with van der Waals surface area (Å²) in [6.07, 6.45) is 2.53. The smallest absolute Gasteiger partial charge is 0.260 e. The van der Waals surface area contributed by atoms with Crippen LogP contribution in [-0.2, 0) is 10.0 Å². The molecule has 1 aromatic heterocycles. The SMILES string of the molecule is O=S(=O)(c1cnc[nH]1)N1CCC(O)C1. The largest absolute Gasteiger partial charge is 0.392 e.